The van der Waals surface area contributed by atoms with Gasteiger partial charge in [-0.1, -0.05) is 13.8 Å². The molecule has 0 bridgehead atoms. The lowest BCUT2D eigenvalue weighted by Crippen LogP contribution is -2.53. The zero-order valence-corrected chi connectivity index (χ0v) is 12.1. The SMILES string of the molecule is CC(C)CN1CCN(C(=O)CSCC(=O)O)CC1=O. The van der Waals surface area contributed by atoms with E-state index < -0.39 is 5.97 Å². The zero-order chi connectivity index (χ0) is 14.4. The van der Waals surface area contributed by atoms with Crippen molar-refractivity contribution in [2.75, 3.05) is 37.7 Å². The predicted octanol–water partition coefficient (Wildman–Crippen LogP) is 0.131. The summed E-state index contributed by atoms with van der Waals surface area (Å²) >= 11 is 1.06. The Morgan fingerprint density at radius 2 is 2.00 bits per heavy atom. The van der Waals surface area contributed by atoms with Gasteiger partial charge in [0.05, 0.1) is 18.1 Å². The second-order valence-electron chi connectivity index (χ2n) is 4.94. The molecule has 0 aromatic heterocycles. The van der Waals surface area contributed by atoms with Crippen molar-refractivity contribution in [1.82, 2.24) is 9.80 Å². The first-order chi connectivity index (χ1) is 8.90. The third kappa shape index (κ3) is 5.50. The molecular weight excluding hydrogens is 268 g/mol. The molecule has 1 aliphatic rings. The van der Waals surface area contributed by atoms with Gasteiger partial charge in [-0.25, -0.2) is 0 Å². The number of carboxylic acids is 1. The number of carboxylic acid groups (broad SMARTS) is 1. The number of hydrogen-bond acceptors (Lipinski definition) is 4. The molecule has 0 spiro atoms. The summed E-state index contributed by atoms with van der Waals surface area (Å²) in [5.74, 6) is -0.690. The third-order valence-electron chi connectivity index (χ3n) is 2.71. The maximum atomic E-state index is 11.9. The van der Waals surface area contributed by atoms with E-state index in [2.05, 4.69) is 0 Å². The van der Waals surface area contributed by atoms with Crippen molar-refractivity contribution in [2.24, 2.45) is 5.92 Å². The van der Waals surface area contributed by atoms with E-state index in [9.17, 15) is 14.4 Å². The van der Waals surface area contributed by atoms with Crippen LogP contribution in [0.1, 0.15) is 13.8 Å². The quantitative estimate of drug-likeness (QED) is 0.752. The van der Waals surface area contributed by atoms with Gasteiger partial charge in [-0.05, 0) is 5.92 Å². The Hall–Kier alpha value is -1.24. The molecule has 1 rings (SSSR count). The molecule has 1 saturated heterocycles. The Kier molecular flexibility index (Phi) is 6.14. The van der Waals surface area contributed by atoms with Gasteiger partial charge < -0.3 is 14.9 Å². The molecule has 6 nitrogen and oxygen atoms in total. The van der Waals surface area contributed by atoms with Gasteiger partial charge in [0.15, 0.2) is 0 Å². The van der Waals surface area contributed by atoms with Crippen molar-refractivity contribution in [3.8, 4) is 0 Å². The minimum absolute atomic E-state index is 0.0310. The molecule has 0 unspecified atom stereocenters. The van der Waals surface area contributed by atoms with E-state index >= 15 is 0 Å². The second kappa shape index (κ2) is 7.37. The summed E-state index contributed by atoms with van der Waals surface area (Å²) in [6, 6.07) is 0. The molecule has 0 atom stereocenters. The monoisotopic (exact) mass is 288 g/mol. The zero-order valence-electron chi connectivity index (χ0n) is 11.3. The van der Waals surface area contributed by atoms with Crippen LogP contribution in [0, 0.1) is 5.92 Å². The number of amides is 2. The Balaban J connectivity index is 2.36. The number of aliphatic carboxylic acids is 1. The second-order valence-corrected chi connectivity index (χ2v) is 5.92. The highest BCUT2D eigenvalue weighted by molar-refractivity contribution is 8.00. The van der Waals surface area contributed by atoms with E-state index in [1.807, 2.05) is 13.8 Å². The van der Waals surface area contributed by atoms with Gasteiger partial charge in [-0.15, -0.1) is 11.8 Å². The lowest BCUT2D eigenvalue weighted by Gasteiger charge is -2.35. The minimum atomic E-state index is -0.935. The maximum absolute atomic E-state index is 11.9. The van der Waals surface area contributed by atoms with Crippen molar-refractivity contribution in [3.63, 3.8) is 0 Å². The molecule has 0 aliphatic carbocycles. The first-order valence-electron chi connectivity index (χ1n) is 6.25. The fourth-order valence-corrected chi connectivity index (χ4v) is 2.51. The highest BCUT2D eigenvalue weighted by atomic mass is 32.2. The number of thioether (sulfide) groups is 1. The molecule has 1 N–H and O–H groups in total. The van der Waals surface area contributed by atoms with Crippen molar-refractivity contribution >= 4 is 29.5 Å². The van der Waals surface area contributed by atoms with Gasteiger partial charge in [-0.3, -0.25) is 14.4 Å². The molecule has 108 valence electrons. The molecular formula is C12H20N2O4S. The van der Waals surface area contributed by atoms with E-state index in [0.717, 1.165) is 11.8 Å². The van der Waals surface area contributed by atoms with Crippen LogP contribution in [0.5, 0.6) is 0 Å². The molecule has 1 fully saturated rings. The maximum Gasteiger partial charge on any atom is 0.313 e. The normalized spacial score (nSPS) is 16.1. The Labute approximate surface area is 117 Å². The Bertz CT molecular complexity index is 360. The summed E-state index contributed by atoms with van der Waals surface area (Å²) in [7, 11) is 0. The number of nitrogens with zero attached hydrogens (tertiary/aromatic N) is 2. The Morgan fingerprint density at radius 1 is 1.32 bits per heavy atom. The number of piperazine rings is 1. The highest BCUT2D eigenvalue weighted by Crippen LogP contribution is 2.09. The Morgan fingerprint density at radius 3 is 2.53 bits per heavy atom. The number of rotatable bonds is 6. The molecule has 0 aromatic carbocycles. The number of carbonyl (C=O) groups is 3. The van der Waals surface area contributed by atoms with Gasteiger partial charge in [0.2, 0.25) is 11.8 Å². The summed E-state index contributed by atoms with van der Waals surface area (Å²) < 4.78 is 0. The molecule has 0 saturated carbocycles. The average Bonchev–Trinajstić information content (AvgIpc) is 2.30. The molecule has 1 heterocycles. The lowest BCUT2D eigenvalue weighted by molar-refractivity contribution is -0.144. The van der Waals surface area contributed by atoms with Crippen LogP contribution in [0.4, 0.5) is 0 Å². The van der Waals surface area contributed by atoms with Crippen LogP contribution < -0.4 is 0 Å². The predicted molar refractivity (Wildman–Crippen MR) is 73.0 cm³/mol. The van der Waals surface area contributed by atoms with E-state index in [1.54, 1.807) is 4.90 Å². The summed E-state index contributed by atoms with van der Waals surface area (Å²) in [4.78, 5) is 37.3. The number of hydrogen-bond donors (Lipinski definition) is 1. The fraction of sp³-hybridized carbons (Fsp3) is 0.750. The minimum Gasteiger partial charge on any atom is -0.481 e. The van der Waals surface area contributed by atoms with E-state index in [-0.39, 0.29) is 29.9 Å². The topological polar surface area (TPSA) is 77.9 Å². The lowest BCUT2D eigenvalue weighted by atomic mass is 10.2. The smallest absolute Gasteiger partial charge is 0.313 e. The van der Waals surface area contributed by atoms with Crippen molar-refractivity contribution < 1.29 is 19.5 Å². The number of carbonyl (C=O) groups excluding carboxylic acids is 2. The summed E-state index contributed by atoms with van der Waals surface area (Å²) in [6.07, 6.45) is 0. The van der Waals surface area contributed by atoms with Crippen molar-refractivity contribution in [1.29, 1.82) is 0 Å². The van der Waals surface area contributed by atoms with Gasteiger partial charge >= 0.3 is 5.97 Å². The van der Waals surface area contributed by atoms with Gasteiger partial charge in [-0.2, -0.15) is 0 Å². The van der Waals surface area contributed by atoms with Crippen molar-refractivity contribution in [2.45, 2.75) is 13.8 Å². The van der Waals surface area contributed by atoms with Crippen LogP contribution in [0.3, 0.4) is 0 Å². The van der Waals surface area contributed by atoms with Crippen molar-refractivity contribution in [3.05, 3.63) is 0 Å². The fourth-order valence-electron chi connectivity index (χ4n) is 1.87. The summed E-state index contributed by atoms with van der Waals surface area (Å²) in [5.41, 5.74) is 0. The van der Waals surface area contributed by atoms with Crippen LogP contribution in [-0.4, -0.2) is 70.4 Å². The van der Waals surface area contributed by atoms with E-state index in [4.69, 9.17) is 5.11 Å². The third-order valence-corrected chi connectivity index (χ3v) is 3.61. The van der Waals surface area contributed by atoms with Crippen LogP contribution in [0.25, 0.3) is 0 Å². The molecule has 1 aliphatic heterocycles. The first-order valence-corrected chi connectivity index (χ1v) is 7.40. The molecule has 19 heavy (non-hydrogen) atoms. The van der Waals surface area contributed by atoms with Crippen LogP contribution >= 0.6 is 11.8 Å². The van der Waals surface area contributed by atoms with Gasteiger partial charge in [0.1, 0.15) is 0 Å². The van der Waals surface area contributed by atoms with E-state index in [0.29, 0.717) is 25.6 Å². The average molecular weight is 288 g/mol. The van der Waals surface area contributed by atoms with Gasteiger partial charge in [0.25, 0.3) is 0 Å². The summed E-state index contributed by atoms with van der Waals surface area (Å²) in [5, 5.41) is 8.49. The van der Waals surface area contributed by atoms with Crippen LogP contribution in [0.15, 0.2) is 0 Å². The van der Waals surface area contributed by atoms with Gasteiger partial charge in [0, 0.05) is 19.6 Å². The highest BCUT2D eigenvalue weighted by Gasteiger charge is 2.27. The van der Waals surface area contributed by atoms with Crippen LogP contribution in [0.2, 0.25) is 0 Å². The first kappa shape index (κ1) is 15.8. The molecule has 7 heteroatoms. The molecule has 0 aromatic rings. The molecule has 0 radical (unpaired) electrons. The standard InChI is InChI=1S/C12H20N2O4S/c1-9(2)5-13-3-4-14(6-10(13)15)11(16)7-19-8-12(17)18/h9H,3-8H2,1-2H3,(H,17,18). The van der Waals surface area contributed by atoms with Crippen LogP contribution in [-0.2, 0) is 14.4 Å². The summed E-state index contributed by atoms with van der Waals surface area (Å²) in [6.45, 7) is 6.02. The van der Waals surface area contributed by atoms with E-state index in [1.165, 1.54) is 4.90 Å². The molecule has 2 amide bonds. The largest absolute Gasteiger partial charge is 0.481 e.